The van der Waals surface area contributed by atoms with Crippen molar-refractivity contribution < 1.29 is 0 Å². The van der Waals surface area contributed by atoms with E-state index < -0.39 is 0 Å². The van der Waals surface area contributed by atoms with Crippen molar-refractivity contribution in [1.29, 1.82) is 0 Å². The van der Waals surface area contributed by atoms with Crippen LogP contribution in [0.3, 0.4) is 0 Å². The lowest BCUT2D eigenvalue weighted by Gasteiger charge is -2.29. The van der Waals surface area contributed by atoms with Crippen LogP contribution in [-0.4, -0.2) is 41.4 Å². The Morgan fingerprint density at radius 2 is 2.15 bits per heavy atom. The number of aromatic amines is 1. The SMILES string of the molecule is CN(C)CCN1Cc2cc(Cl)c3c(Cl)c[nH]c3c2NS1. The molecule has 0 saturated heterocycles. The summed E-state index contributed by atoms with van der Waals surface area (Å²) in [6.45, 7) is 2.88. The average molecular weight is 331 g/mol. The minimum absolute atomic E-state index is 0.662. The maximum absolute atomic E-state index is 6.35. The molecule has 0 unspecified atom stereocenters. The van der Waals surface area contributed by atoms with Crippen LogP contribution < -0.4 is 4.72 Å². The second-order valence-corrected chi connectivity index (χ2v) is 6.86. The molecule has 3 rings (SSSR count). The third kappa shape index (κ3) is 2.61. The van der Waals surface area contributed by atoms with Gasteiger partial charge in [0.25, 0.3) is 0 Å². The second kappa shape index (κ2) is 5.66. The van der Waals surface area contributed by atoms with Gasteiger partial charge in [-0.3, -0.25) is 0 Å². The number of likely N-dealkylation sites (N-methyl/N-ethyl adjacent to an activating group) is 1. The number of hydrogen-bond acceptors (Lipinski definition) is 4. The number of H-pyrrole nitrogens is 1. The lowest BCUT2D eigenvalue weighted by Crippen LogP contribution is -2.30. The predicted molar refractivity (Wildman–Crippen MR) is 88.5 cm³/mol. The highest BCUT2D eigenvalue weighted by Gasteiger charge is 2.22. The molecule has 2 N–H and O–H groups in total. The largest absolute Gasteiger partial charge is 0.358 e. The van der Waals surface area contributed by atoms with Crippen molar-refractivity contribution in [2.45, 2.75) is 6.54 Å². The number of halogens is 2. The Morgan fingerprint density at radius 3 is 2.90 bits per heavy atom. The summed E-state index contributed by atoms with van der Waals surface area (Å²) in [6.07, 6.45) is 1.78. The van der Waals surface area contributed by atoms with Crippen LogP contribution in [0.4, 0.5) is 5.69 Å². The maximum atomic E-state index is 6.35. The number of rotatable bonds is 3. The van der Waals surface area contributed by atoms with Gasteiger partial charge in [0.1, 0.15) is 0 Å². The van der Waals surface area contributed by atoms with Crippen LogP contribution in [0.25, 0.3) is 10.9 Å². The van der Waals surface area contributed by atoms with Crippen LogP contribution >= 0.6 is 35.3 Å². The van der Waals surface area contributed by atoms with Crippen LogP contribution in [0.2, 0.25) is 10.0 Å². The Balaban J connectivity index is 1.91. The average Bonchev–Trinajstić information content (AvgIpc) is 2.79. The molecule has 0 radical (unpaired) electrons. The first-order chi connectivity index (χ1) is 9.56. The molecule has 7 heteroatoms. The molecule has 0 aliphatic carbocycles. The van der Waals surface area contributed by atoms with E-state index in [1.165, 1.54) is 5.56 Å². The van der Waals surface area contributed by atoms with Crippen LogP contribution in [0.1, 0.15) is 5.56 Å². The molecule has 20 heavy (non-hydrogen) atoms. The summed E-state index contributed by atoms with van der Waals surface area (Å²) >= 11 is 14.1. The second-order valence-electron chi connectivity index (χ2n) is 5.14. The zero-order chi connectivity index (χ0) is 14.3. The molecule has 0 amide bonds. The van der Waals surface area contributed by atoms with E-state index in [-0.39, 0.29) is 0 Å². The Morgan fingerprint density at radius 1 is 1.35 bits per heavy atom. The highest BCUT2D eigenvalue weighted by Crippen LogP contribution is 2.41. The van der Waals surface area contributed by atoms with E-state index >= 15 is 0 Å². The fourth-order valence-corrected chi connectivity index (χ4v) is 3.76. The van der Waals surface area contributed by atoms with Gasteiger partial charge in [0, 0.05) is 43.4 Å². The fraction of sp³-hybridized carbons (Fsp3) is 0.385. The third-order valence-corrected chi connectivity index (χ3v) is 4.82. The molecular formula is C13H16Cl2N4S. The molecule has 1 aromatic carbocycles. The third-order valence-electron chi connectivity index (χ3n) is 3.36. The summed E-state index contributed by atoms with van der Waals surface area (Å²) in [5.74, 6) is 0. The van der Waals surface area contributed by atoms with Gasteiger partial charge in [0.2, 0.25) is 0 Å². The van der Waals surface area contributed by atoms with Crippen molar-refractivity contribution in [1.82, 2.24) is 14.2 Å². The topological polar surface area (TPSA) is 34.3 Å². The van der Waals surface area contributed by atoms with E-state index in [9.17, 15) is 0 Å². The summed E-state index contributed by atoms with van der Waals surface area (Å²) < 4.78 is 5.68. The van der Waals surface area contributed by atoms with Crippen LogP contribution in [-0.2, 0) is 6.54 Å². The summed E-state index contributed by atoms with van der Waals surface area (Å²) in [7, 11) is 4.16. The molecule has 2 aromatic rings. The van der Waals surface area contributed by atoms with Gasteiger partial charge < -0.3 is 14.6 Å². The smallest absolute Gasteiger partial charge is 0.0742 e. The fourth-order valence-electron chi connectivity index (χ4n) is 2.30. The van der Waals surface area contributed by atoms with Gasteiger partial charge in [-0.05, 0) is 25.7 Å². The van der Waals surface area contributed by atoms with Crippen molar-refractivity contribution >= 4 is 51.9 Å². The molecule has 2 heterocycles. The van der Waals surface area contributed by atoms with Crippen molar-refractivity contribution in [2.75, 3.05) is 31.9 Å². The first-order valence-corrected chi connectivity index (χ1v) is 7.90. The predicted octanol–water partition coefficient (Wildman–Crippen LogP) is 3.83. The molecule has 1 aromatic heterocycles. The minimum Gasteiger partial charge on any atom is -0.358 e. The Kier molecular flexibility index (Phi) is 4.06. The van der Waals surface area contributed by atoms with E-state index in [0.29, 0.717) is 10.0 Å². The number of hydrogen-bond donors (Lipinski definition) is 2. The van der Waals surface area contributed by atoms with Gasteiger partial charge in [-0.15, -0.1) is 0 Å². The number of anilines is 1. The van der Waals surface area contributed by atoms with Gasteiger partial charge in [-0.25, -0.2) is 4.31 Å². The molecular weight excluding hydrogens is 315 g/mol. The molecule has 108 valence electrons. The number of nitrogens with zero attached hydrogens (tertiary/aromatic N) is 2. The van der Waals surface area contributed by atoms with Crippen LogP contribution in [0, 0.1) is 0 Å². The van der Waals surface area contributed by atoms with Gasteiger partial charge >= 0.3 is 0 Å². The zero-order valence-electron chi connectivity index (χ0n) is 11.3. The molecule has 0 bridgehead atoms. The molecule has 0 spiro atoms. The van der Waals surface area contributed by atoms with E-state index in [0.717, 1.165) is 36.2 Å². The number of aromatic nitrogens is 1. The first-order valence-electron chi connectivity index (χ1n) is 6.37. The Labute approximate surface area is 132 Å². The van der Waals surface area contributed by atoms with E-state index in [1.807, 2.05) is 6.07 Å². The quantitative estimate of drug-likeness (QED) is 0.838. The van der Waals surface area contributed by atoms with Gasteiger partial charge in [-0.2, -0.15) is 0 Å². The van der Waals surface area contributed by atoms with Gasteiger partial charge in [0.15, 0.2) is 0 Å². The van der Waals surface area contributed by atoms with E-state index in [2.05, 4.69) is 33.0 Å². The van der Waals surface area contributed by atoms with Crippen molar-refractivity contribution in [3.05, 3.63) is 27.9 Å². The highest BCUT2D eigenvalue weighted by molar-refractivity contribution is 7.98. The Hall–Kier alpha value is -0.590. The highest BCUT2D eigenvalue weighted by atomic mass is 35.5. The Bertz CT molecular complexity index is 641. The first kappa shape index (κ1) is 14.4. The molecule has 1 aliphatic heterocycles. The van der Waals surface area contributed by atoms with Crippen molar-refractivity contribution in [3.63, 3.8) is 0 Å². The number of benzene rings is 1. The normalized spacial score (nSPS) is 15.7. The standard InChI is InChI=1S/C13H16Cl2N4S/c1-18(2)3-4-19-7-8-5-9(14)11-10(15)6-16-13(11)12(8)17-20-19/h5-6,16-17H,3-4,7H2,1-2H3. The molecule has 1 aliphatic rings. The minimum atomic E-state index is 0.662. The summed E-state index contributed by atoms with van der Waals surface area (Å²) in [5.41, 5.74) is 3.26. The lowest BCUT2D eigenvalue weighted by molar-refractivity contribution is 0.347. The summed E-state index contributed by atoms with van der Waals surface area (Å²) in [5, 5.41) is 2.25. The molecule has 0 fully saturated rings. The van der Waals surface area contributed by atoms with E-state index in [1.54, 1.807) is 18.3 Å². The monoisotopic (exact) mass is 330 g/mol. The number of nitrogens with one attached hydrogen (secondary N) is 2. The summed E-state index contributed by atoms with van der Waals surface area (Å²) in [6, 6.07) is 2.01. The number of fused-ring (bicyclic) bond motifs is 3. The lowest BCUT2D eigenvalue weighted by atomic mass is 10.1. The zero-order valence-corrected chi connectivity index (χ0v) is 13.7. The van der Waals surface area contributed by atoms with Crippen molar-refractivity contribution in [3.8, 4) is 0 Å². The van der Waals surface area contributed by atoms with Crippen LogP contribution in [0.5, 0.6) is 0 Å². The van der Waals surface area contributed by atoms with Gasteiger partial charge in [0.05, 0.1) is 21.2 Å². The molecule has 4 nitrogen and oxygen atoms in total. The van der Waals surface area contributed by atoms with Crippen LogP contribution in [0.15, 0.2) is 12.3 Å². The molecule has 0 atom stereocenters. The van der Waals surface area contributed by atoms with Gasteiger partial charge in [-0.1, -0.05) is 23.2 Å². The summed E-state index contributed by atoms with van der Waals surface area (Å²) in [4.78, 5) is 5.38. The molecule has 0 saturated carbocycles. The maximum Gasteiger partial charge on any atom is 0.0742 e. The van der Waals surface area contributed by atoms with Crippen molar-refractivity contribution in [2.24, 2.45) is 0 Å². The van der Waals surface area contributed by atoms with E-state index in [4.69, 9.17) is 23.2 Å².